The number of carbonyl (C=O) groups excluding carboxylic acids is 1. The highest BCUT2D eigenvalue weighted by atomic mass is 32.2. The van der Waals surface area contributed by atoms with E-state index in [4.69, 9.17) is 0 Å². The fraction of sp³-hybridized carbons (Fsp3) is 0.235. The summed E-state index contributed by atoms with van der Waals surface area (Å²) in [4.78, 5) is 12.6. The lowest BCUT2D eigenvalue weighted by atomic mass is 10.1. The highest BCUT2D eigenvalue weighted by Gasteiger charge is 2.38. The minimum absolute atomic E-state index is 0.134. The number of aromatic nitrogens is 2. The molecule has 1 N–H and O–H groups in total. The normalized spacial score (nSPS) is 16.4. The van der Waals surface area contributed by atoms with Gasteiger partial charge in [-0.05, 0) is 48.9 Å². The number of fused-ring (bicyclic) bond motifs is 1. The zero-order chi connectivity index (χ0) is 19.2. The number of hydrogen-bond acceptors (Lipinski definition) is 7. The van der Waals surface area contributed by atoms with Crippen molar-refractivity contribution in [1.82, 2.24) is 10.2 Å². The molecule has 1 amide bonds. The molecule has 0 saturated heterocycles. The number of aryl methyl sites for hydroxylation is 1. The van der Waals surface area contributed by atoms with Crippen molar-refractivity contribution in [2.75, 3.05) is 9.62 Å². The number of anilines is 2. The van der Waals surface area contributed by atoms with Gasteiger partial charge < -0.3 is 0 Å². The van der Waals surface area contributed by atoms with E-state index in [0.717, 1.165) is 22.5 Å². The number of thiophene rings is 1. The summed E-state index contributed by atoms with van der Waals surface area (Å²) in [6, 6.07) is 9.05. The van der Waals surface area contributed by atoms with Crippen LogP contribution in [0.1, 0.15) is 27.7 Å². The van der Waals surface area contributed by atoms with E-state index in [1.54, 1.807) is 17.5 Å². The molecule has 1 aromatic carbocycles. The number of sulfonamides is 1. The Morgan fingerprint density at radius 2 is 2.11 bits per heavy atom. The third kappa shape index (κ3) is 3.24. The van der Waals surface area contributed by atoms with Crippen LogP contribution in [-0.2, 0) is 16.4 Å². The lowest BCUT2D eigenvalue weighted by Gasteiger charge is -2.22. The highest BCUT2D eigenvalue weighted by Crippen LogP contribution is 2.38. The first kappa shape index (κ1) is 18.1. The number of hydrogen-bond donors (Lipinski definition) is 1. The monoisotopic (exact) mass is 420 g/mol. The van der Waals surface area contributed by atoms with Gasteiger partial charge in [0.1, 0.15) is 0 Å². The first-order valence-corrected chi connectivity index (χ1v) is 11.3. The summed E-state index contributed by atoms with van der Waals surface area (Å²) in [7, 11) is -3.86. The minimum Gasteiger partial charge on any atom is -0.296 e. The summed E-state index contributed by atoms with van der Waals surface area (Å²) in [5, 5.41) is 12.2. The molecular formula is C17H16N4O3S3. The predicted molar refractivity (Wildman–Crippen MR) is 106 cm³/mol. The molecule has 1 aliphatic rings. The molecule has 140 valence electrons. The van der Waals surface area contributed by atoms with Crippen LogP contribution in [0, 0.1) is 6.92 Å². The summed E-state index contributed by atoms with van der Waals surface area (Å²) in [5.74, 6) is -0.333. The largest absolute Gasteiger partial charge is 0.296 e. The lowest BCUT2D eigenvalue weighted by molar-refractivity contribution is 0.103. The van der Waals surface area contributed by atoms with Crippen molar-refractivity contribution in [2.24, 2.45) is 0 Å². The molecule has 2 aromatic heterocycles. The number of nitrogens with zero attached hydrogens (tertiary/aromatic N) is 3. The molecule has 0 bridgehead atoms. The SMILES string of the molecule is Cc1ccc2c(c1)N(S(=O)(=O)c1nnc(NC(=O)c3cccs3)s1)[C@@H](C)C2. The van der Waals surface area contributed by atoms with Gasteiger partial charge in [0.2, 0.25) is 5.13 Å². The van der Waals surface area contributed by atoms with Crippen LogP contribution in [0.4, 0.5) is 10.8 Å². The molecule has 7 nitrogen and oxygen atoms in total. The molecule has 0 spiro atoms. The van der Waals surface area contributed by atoms with Crippen molar-refractivity contribution < 1.29 is 13.2 Å². The van der Waals surface area contributed by atoms with Gasteiger partial charge in [-0.15, -0.1) is 21.5 Å². The van der Waals surface area contributed by atoms with Gasteiger partial charge >= 0.3 is 0 Å². The molecular weight excluding hydrogens is 404 g/mol. The topological polar surface area (TPSA) is 92.3 Å². The van der Waals surface area contributed by atoms with Gasteiger partial charge in [0.05, 0.1) is 10.6 Å². The Kier molecular flexibility index (Phi) is 4.49. The minimum atomic E-state index is -3.86. The molecule has 3 heterocycles. The summed E-state index contributed by atoms with van der Waals surface area (Å²) in [6.07, 6.45) is 0.648. The van der Waals surface area contributed by atoms with Crippen LogP contribution >= 0.6 is 22.7 Å². The number of carbonyl (C=O) groups is 1. The van der Waals surface area contributed by atoms with Crippen molar-refractivity contribution in [3.8, 4) is 0 Å². The summed E-state index contributed by atoms with van der Waals surface area (Å²) < 4.78 is 27.6. The summed E-state index contributed by atoms with van der Waals surface area (Å²) in [5.41, 5.74) is 2.67. The van der Waals surface area contributed by atoms with Gasteiger partial charge in [0.25, 0.3) is 20.3 Å². The van der Waals surface area contributed by atoms with Gasteiger partial charge in [-0.3, -0.25) is 14.4 Å². The van der Waals surface area contributed by atoms with Crippen molar-refractivity contribution in [2.45, 2.75) is 30.6 Å². The third-order valence-corrected chi connectivity index (χ3v) is 8.23. The lowest BCUT2D eigenvalue weighted by Crippen LogP contribution is -2.35. The molecule has 1 aliphatic heterocycles. The zero-order valence-electron chi connectivity index (χ0n) is 14.5. The smallest absolute Gasteiger partial charge is 0.293 e. The van der Waals surface area contributed by atoms with E-state index in [2.05, 4.69) is 15.5 Å². The second kappa shape index (κ2) is 6.70. The summed E-state index contributed by atoms with van der Waals surface area (Å²) >= 11 is 2.15. The van der Waals surface area contributed by atoms with Crippen molar-refractivity contribution >= 4 is 49.4 Å². The fourth-order valence-corrected chi connectivity index (χ4v) is 6.35. The molecule has 0 unspecified atom stereocenters. The molecule has 0 radical (unpaired) electrons. The molecule has 3 aromatic rings. The number of rotatable bonds is 4. The highest BCUT2D eigenvalue weighted by molar-refractivity contribution is 7.94. The van der Waals surface area contributed by atoms with Crippen molar-refractivity contribution in [3.63, 3.8) is 0 Å². The maximum atomic E-state index is 13.2. The Morgan fingerprint density at radius 3 is 2.85 bits per heavy atom. The van der Waals surface area contributed by atoms with E-state index in [1.165, 1.54) is 15.6 Å². The fourth-order valence-electron chi connectivity index (χ4n) is 3.07. The van der Waals surface area contributed by atoms with Crippen LogP contribution in [0.5, 0.6) is 0 Å². The second-order valence-corrected chi connectivity index (χ2v) is 10.2. The molecule has 0 fully saturated rings. The van der Waals surface area contributed by atoms with Gasteiger partial charge in [-0.2, -0.15) is 8.42 Å². The van der Waals surface area contributed by atoms with E-state index in [0.29, 0.717) is 17.0 Å². The van der Waals surface area contributed by atoms with Crippen LogP contribution in [-0.4, -0.2) is 30.6 Å². The van der Waals surface area contributed by atoms with Crippen LogP contribution in [0.25, 0.3) is 0 Å². The Balaban J connectivity index is 1.63. The van der Waals surface area contributed by atoms with Crippen LogP contribution < -0.4 is 9.62 Å². The Bertz CT molecular complexity index is 1110. The molecule has 10 heteroatoms. The quantitative estimate of drug-likeness (QED) is 0.654. The predicted octanol–water partition coefficient (Wildman–Crippen LogP) is 3.30. The van der Waals surface area contributed by atoms with Crippen LogP contribution in [0.15, 0.2) is 40.1 Å². The Morgan fingerprint density at radius 1 is 1.30 bits per heavy atom. The van der Waals surface area contributed by atoms with E-state index in [9.17, 15) is 13.2 Å². The Hall–Kier alpha value is -2.30. The summed E-state index contributed by atoms with van der Waals surface area (Å²) in [6.45, 7) is 3.80. The van der Waals surface area contributed by atoms with Crippen molar-refractivity contribution in [3.05, 3.63) is 51.7 Å². The van der Waals surface area contributed by atoms with Gasteiger partial charge in [-0.25, -0.2) is 0 Å². The molecule has 0 saturated carbocycles. The zero-order valence-corrected chi connectivity index (χ0v) is 17.0. The van der Waals surface area contributed by atoms with E-state index >= 15 is 0 Å². The van der Waals surface area contributed by atoms with Gasteiger partial charge in [0, 0.05) is 6.04 Å². The van der Waals surface area contributed by atoms with Crippen LogP contribution in [0.2, 0.25) is 0 Å². The Labute approximate surface area is 164 Å². The average molecular weight is 421 g/mol. The van der Waals surface area contributed by atoms with Gasteiger partial charge in [-0.1, -0.05) is 29.5 Å². The van der Waals surface area contributed by atoms with Crippen molar-refractivity contribution in [1.29, 1.82) is 0 Å². The maximum absolute atomic E-state index is 13.2. The molecule has 0 aliphatic carbocycles. The first-order valence-electron chi connectivity index (χ1n) is 8.18. The number of nitrogens with one attached hydrogen (secondary N) is 1. The van der Waals surface area contributed by atoms with E-state index in [1.807, 2.05) is 32.0 Å². The second-order valence-electron chi connectivity index (χ2n) is 6.29. The molecule has 1 atom stereocenters. The third-order valence-electron chi connectivity index (χ3n) is 4.25. The number of benzene rings is 1. The standard InChI is InChI=1S/C17H16N4O3S3/c1-10-5-6-12-9-11(2)21(13(12)8-10)27(23,24)17-20-19-16(26-17)18-15(22)14-4-3-7-25-14/h3-8,11H,9H2,1-2H3,(H,18,19,22)/t11-/m0/s1. The number of amides is 1. The molecule has 4 rings (SSSR count). The van der Waals surface area contributed by atoms with Gasteiger partial charge in [0.15, 0.2) is 0 Å². The van der Waals surface area contributed by atoms with E-state index < -0.39 is 10.0 Å². The maximum Gasteiger partial charge on any atom is 0.293 e. The van der Waals surface area contributed by atoms with E-state index in [-0.39, 0.29) is 21.4 Å². The first-order chi connectivity index (χ1) is 12.9. The average Bonchev–Trinajstić information content (AvgIpc) is 3.33. The van der Waals surface area contributed by atoms with Crippen LogP contribution in [0.3, 0.4) is 0 Å². The molecule has 27 heavy (non-hydrogen) atoms.